The van der Waals surface area contributed by atoms with E-state index in [2.05, 4.69) is 5.10 Å². The van der Waals surface area contributed by atoms with E-state index in [1.54, 1.807) is 13.1 Å². The lowest BCUT2D eigenvalue weighted by Gasteiger charge is -2.05. The monoisotopic (exact) mass is 244 g/mol. The summed E-state index contributed by atoms with van der Waals surface area (Å²) in [7, 11) is 1.65. The van der Waals surface area contributed by atoms with E-state index in [9.17, 15) is 4.79 Å². The standard InChI is InChI=1S/C14H16N2O2/c1-16-14(17)8-7-13(15-16)9-10-18-11-12-5-3-2-4-6-12/h2-8H,9-11H2,1H3. The van der Waals surface area contributed by atoms with Crippen LogP contribution in [0, 0.1) is 0 Å². The van der Waals surface area contributed by atoms with Gasteiger partial charge in [-0.3, -0.25) is 4.79 Å². The fraction of sp³-hybridized carbons (Fsp3) is 0.286. The van der Waals surface area contributed by atoms with Crippen LogP contribution < -0.4 is 5.56 Å². The molecule has 94 valence electrons. The van der Waals surface area contributed by atoms with Gasteiger partial charge >= 0.3 is 0 Å². The first-order valence-corrected chi connectivity index (χ1v) is 5.90. The van der Waals surface area contributed by atoms with E-state index >= 15 is 0 Å². The highest BCUT2D eigenvalue weighted by molar-refractivity contribution is 5.13. The zero-order chi connectivity index (χ0) is 12.8. The minimum Gasteiger partial charge on any atom is -0.376 e. The van der Waals surface area contributed by atoms with Gasteiger partial charge in [0.1, 0.15) is 0 Å². The van der Waals surface area contributed by atoms with Crippen LogP contribution in [-0.4, -0.2) is 16.4 Å². The first-order chi connectivity index (χ1) is 8.75. The van der Waals surface area contributed by atoms with Crippen molar-refractivity contribution in [2.45, 2.75) is 13.0 Å². The zero-order valence-corrected chi connectivity index (χ0v) is 10.4. The second-order valence-corrected chi connectivity index (χ2v) is 4.07. The first-order valence-electron chi connectivity index (χ1n) is 5.90. The summed E-state index contributed by atoms with van der Waals surface area (Å²) in [5, 5.41) is 4.14. The van der Waals surface area contributed by atoms with Crippen molar-refractivity contribution in [2.75, 3.05) is 6.61 Å². The summed E-state index contributed by atoms with van der Waals surface area (Å²) in [5.74, 6) is 0. The molecule has 18 heavy (non-hydrogen) atoms. The number of rotatable bonds is 5. The van der Waals surface area contributed by atoms with Gasteiger partial charge < -0.3 is 4.74 Å². The first kappa shape index (κ1) is 12.5. The van der Waals surface area contributed by atoms with E-state index < -0.39 is 0 Å². The molecule has 0 spiro atoms. The number of nitrogens with zero attached hydrogens (tertiary/aromatic N) is 2. The van der Waals surface area contributed by atoms with Gasteiger partial charge in [0, 0.05) is 19.5 Å². The molecule has 1 aromatic heterocycles. The average Bonchev–Trinajstić information content (AvgIpc) is 2.40. The Labute approximate surface area is 106 Å². The molecule has 0 amide bonds. The Kier molecular flexibility index (Phi) is 4.25. The molecule has 0 fully saturated rings. The van der Waals surface area contributed by atoms with Gasteiger partial charge in [0.25, 0.3) is 5.56 Å². The Morgan fingerprint density at radius 1 is 1.17 bits per heavy atom. The van der Waals surface area contributed by atoms with E-state index in [0.29, 0.717) is 19.6 Å². The predicted molar refractivity (Wildman–Crippen MR) is 69.3 cm³/mol. The van der Waals surface area contributed by atoms with Crippen LogP contribution in [0.25, 0.3) is 0 Å². The van der Waals surface area contributed by atoms with Gasteiger partial charge in [0.15, 0.2) is 0 Å². The van der Waals surface area contributed by atoms with Crippen molar-refractivity contribution < 1.29 is 4.74 Å². The normalized spacial score (nSPS) is 10.5. The summed E-state index contributed by atoms with van der Waals surface area (Å²) in [5.41, 5.74) is 1.93. The molecule has 0 aliphatic heterocycles. The predicted octanol–water partition coefficient (Wildman–Crippen LogP) is 1.54. The van der Waals surface area contributed by atoms with Crippen LogP contribution in [0.5, 0.6) is 0 Å². The van der Waals surface area contributed by atoms with Gasteiger partial charge in [0.05, 0.1) is 18.9 Å². The van der Waals surface area contributed by atoms with E-state index in [1.807, 2.05) is 30.3 Å². The molecule has 0 unspecified atom stereocenters. The number of hydrogen-bond acceptors (Lipinski definition) is 3. The van der Waals surface area contributed by atoms with Crippen molar-refractivity contribution in [3.05, 3.63) is 64.1 Å². The zero-order valence-electron chi connectivity index (χ0n) is 10.4. The smallest absolute Gasteiger partial charge is 0.266 e. The van der Waals surface area contributed by atoms with Crippen LogP contribution in [0.2, 0.25) is 0 Å². The Bertz CT molecular complexity index is 549. The van der Waals surface area contributed by atoms with Gasteiger partial charge in [-0.25, -0.2) is 4.68 Å². The van der Waals surface area contributed by atoms with Crippen molar-refractivity contribution >= 4 is 0 Å². The lowest BCUT2D eigenvalue weighted by Crippen LogP contribution is -2.19. The molecule has 0 N–H and O–H groups in total. The summed E-state index contributed by atoms with van der Waals surface area (Å²) in [6.07, 6.45) is 0.709. The van der Waals surface area contributed by atoms with Crippen LogP contribution in [0.1, 0.15) is 11.3 Å². The third-order valence-electron chi connectivity index (χ3n) is 2.63. The molecule has 0 radical (unpaired) electrons. The fourth-order valence-corrected chi connectivity index (χ4v) is 1.62. The van der Waals surface area contributed by atoms with Gasteiger partial charge in [-0.15, -0.1) is 0 Å². The number of benzene rings is 1. The Morgan fingerprint density at radius 2 is 1.94 bits per heavy atom. The van der Waals surface area contributed by atoms with Gasteiger partial charge in [-0.1, -0.05) is 30.3 Å². The lowest BCUT2D eigenvalue weighted by molar-refractivity contribution is 0.123. The maximum atomic E-state index is 11.2. The van der Waals surface area contributed by atoms with E-state index in [0.717, 1.165) is 11.3 Å². The number of ether oxygens (including phenoxy) is 1. The Morgan fingerprint density at radius 3 is 2.67 bits per heavy atom. The molecule has 0 bridgehead atoms. The van der Waals surface area contributed by atoms with Gasteiger partial charge in [-0.05, 0) is 11.6 Å². The molecule has 1 aromatic carbocycles. The second-order valence-electron chi connectivity index (χ2n) is 4.07. The molecular formula is C14H16N2O2. The molecule has 2 rings (SSSR count). The maximum Gasteiger partial charge on any atom is 0.266 e. The molecule has 0 aliphatic carbocycles. The van der Waals surface area contributed by atoms with Crippen LogP contribution in [-0.2, 0) is 24.8 Å². The quantitative estimate of drug-likeness (QED) is 0.749. The summed E-state index contributed by atoms with van der Waals surface area (Å²) >= 11 is 0. The third-order valence-corrected chi connectivity index (χ3v) is 2.63. The highest BCUT2D eigenvalue weighted by Gasteiger charge is 1.98. The molecule has 0 atom stereocenters. The number of aryl methyl sites for hydroxylation is 1. The molecule has 0 aliphatic rings. The fourth-order valence-electron chi connectivity index (χ4n) is 1.62. The van der Waals surface area contributed by atoms with Gasteiger partial charge in [-0.2, -0.15) is 5.10 Å². The highest BCUT2D eigenvalue weighted by atomic mass is 16.5. The molecule has 4 nitrogen and oxygen atoms in total. The second kappa shape index (κ2) is 6.12. The Balaban J connectivity index is 1.78. The number of aromatic nitrogens is 2. The number of hydrogen-bond donors (Lipinski definition) is 0. The summed E-state index contributed by atoms with van der Waals surface area (Å²) < 4.78 is 6.91. The molecule has 0 saturated heterocycles. The third kappa shape index (κ3) is 3.53. The van der Waals surface area contributed by atoms with Crippen molar-refractivity contribution in [1.29, 1.82) is 0 Å². The minimum atomic E-state index is -0.0936. The molecule has 4 heteroatoms. The lowest BCUT2D eigenvalue weighted by atomic mass is 10.2. The van der Waals surface area contributed by atoms with E-state index in [-0.39, 0.29) is 5.56 Å². The van der Waals surface area contributed by atoms with Gasteiger partial charge in [0.2, 0.25) is 0 Å². The molecule has 0 saturated carbocycles. The van der Waals surface area contributed by atoms with Crippen molar-refractivity contribution in [1.82, 2.24) is 9.78 Å². The summed E-state index contributed by atoms with van der Waals surface area (Å²) in [4.78, 5) is 11.2. The van der Waals surface area contributed by atoms with E-state index in [4.69, 9.17) is 4.74 Å². The topological polar surface area (TPSA) is 44.1 Å². The largest absolute Gasteiger partial charge is 0.376 e. The molecule has 2 aromatic rings. The molecular weight excluding hydrogens is 228 g/mol. The Hall–Kier alpha value is -1.94. The van der Waals surface area contributed by atoms with Crippen LogP contribution >= 0.6 is 0 Å². The van der Waals surface area contributed by atoms with Crippen LogP contribution in [0.3, 0.4) is 0 Å². The van der Waals surface area contributed by atoms with Crippen LogP contribution in [0.4, 0.5) is 0 Å². The summed E-state index contributed by atoms with van der Waals surface area (Å²) in [6.45, 7) is 1.20. The van der Waals surface area contributed by atoms with E-state index in [1.165, 1.54) is 10.7 Å². The van der Waals surface area contributed by atoms with Crippen molar-refractivity contribution in [3.63, 3.8) is 0 Å². The SMILES string of the molecule is Cn1nc(CCOCc2ccccc2)ccc1=O. The van der Waals surface area contributed by atoms with Crippen molar-refractivity contribution in [3.8, 4) is 0 Å². The minimum absolute atomic E-state index is 0.0936. The highest BCUT2D eigenvalue weighted by Crippen LogP contribution is 2.01. The average molecular weight is 244 g/mol. The van der Waals surface area contributed by atoms with Crippen molar-refractivity contribution in [2.24, 2.45) is 7.05 Å². The molecule has 1 heterocycles. The maximum absolute atomic E-state index is 11.2. The summed E-state index contributed by atoms with van der Waals surface area (Å²) in [6, 6.07) is 13.3. The van der Waals surface area contributed by atoms with Crippen LogP contribution in [0.15, 0.2) is 47.3 Å².